The number of carbonyl (C=O) groups excluding carboxylic acids is 1. The number of ether oxygens (including phenoxy) is 3. The third-order valence-electron chi connectivity index (χ3n) is 4.75. The molecule has 2 saturated carbocycles. The van der Waals surface area contributed by atoms with Crippen LogP contribution < -0.4 is 0 Å². The van der Waals surface area contributed by atoms with Crippen molar-refractivity contribution in [1.82, 2.24) is 0 Å². The molecule has 2 aliphatic carbocycles. The molecule has 102 valence electrons. The van der Waals surface area contributed by atoms with E-state index in [0.29, 0.717) is 39.1 Å². The molecule has 5 heteroatoms. The number of aliphatic hydroxyl groups excluding tert-OH is 1. The summed E-state index contributed by atoms with van der Waals surface area (Å²) in [6.07, 6.45) is 2.22. The van der Waals surface area contributed by atoms with Crippen molar-refractivity contribution >= 4 is 5.97 Å². The van der Waals surface area contributed by atoms with Crippen LogP contribution in [0.4, 0.5) is 0 Å². The monoisotopic (exact) mass is 256 g/mol. The molecular formula is C13H20O5. The third-order valence-corrected chi connectivity index (χ3v) is 4.75. The van der Waals surface area contributed by atoms with Crippen LogP contribution in [0.2, 0.25) is 0 Å². The molecule has 1 heterocycles. The highest BCUT2D eigenvalue weighted by Crippen LogP contribution is 2.62. The van der Waals surface area contributed by atoms with Gasteiger partial charge in [-0.15, -0.1) is 0 Å². The molecule has 2 bridgehead atoms. The van der Waals surface area contributed by atoms with Gasteiger partial charge in [-0.1, -0.05) is 0 Å². The van der Waals surface area contributed by atoms with Crippen molar-refractivity contribution in [2.24, 2.45) is 11.3 Å². The molecule has 0 aromatic rings. The Bertz CT molecular complexity index is 349. The van der Waals surface area contributed by atoms with Crippen molar-refractivity contribution in [3.63, 3.8) is 0 Å². The number of esters is 1. The number of carbonyl (C=O) groups is 1. The van der Waals surface area contributed by atoms with Crippen molar-refractivity contribution in [3.05, 3.63) is 0 Å². The Morgan fingerprint density at radius 3 is 2.67 bits per heavy atom. The SMILES string of the molecule is CCOC(=O)[C@]12CCC(O)[C@H](CC1)C21OCCO1. The summed E-state index contributed by atoms with van der Waals surface area (Å²) < 4.78 is 16.9. The van der Waals surface area contributed by atoms with Crippen LogP contribution in [-0.4, -0.2) is 42.8 Å². The van der Waals surface area contributed by atoms with Gasteiger partial charge in [0.2, 0.25) is 0 Å². The lowest BCUT2D eigenvalue weighted by molar-refractivity contribution is -0.278. The summed E-state index contributed by atoms with van der Waals surface area (Å²) in [5, 5.41) is 10.1. The topological polar surface area (TPSA) is 65.0 Å². The normalized spacial score (nSPS) is 41.2. The largest absolute Gasteiger partial charge is 0.465 e. The lowest BCUT2D eigenvalue weighted by Gasteiger charge is -2.47. The molecule has 5 nitrogen and oxygen atoms in total. The van der Waals surface area contributed by atoms with Crippen molar-refractivity contribution in [2.45, 2.75) is 44.5 Å². The lowest BCUT2D eigenvalue weighted by Crippen LogP contribution is -2.59. The zero-order chi connectivity index (χ0) is 12.8. The lowest BCUT2D eigenvalue weighted by atomic mass is 9.69. The van der Waals surface area contributed by atoms with Gasteiger partial charge in [0.05, 0.1) is 25.9 Å². The second-order valence-corrected chi connectivity index (χ2v) is 5.42. The number of hydrogen-bond donors (Lipinski definition) is 1. The highest BCUT2D eigenvalue weighted by Gasteiger charge is 2.72. The van der Waals surface area contributed by atoms with Crippen molar-refractivity contribution in [3.8, 4) is 0 Å². The van der Waals surface area contributed by atoms with Crippen LogP contribution >= 0.6 is 0 Å². The number of rotatable bonds is 2. The van der Waals surface area contributed by atoms with Crippen LogP contribution in [0.15, 0.2) is 0 Å². The van der Waals surface area contributed by atoms with E-state index in [9.17, 15) is 9.90 Å². The summed E-state index contributed by atoms with van der Waals surface area (Å²) in [5.41, 5.74) is -0.705. The van der Waals surface area contributed by atoms with Crippen LogP contribution in [0.3, 0.4) is 0 Å². The van der Waals surface area contributed by atoms with Gasteiger partial charge in [-0.2, -0.15) is 0 Å². The summed E-state index contributed by atoms with van der Waals surface area (Å²) in [7, 11) is 0. The Kier molecular flexibility index (Phi) is 2.88. The fraction of sp³-hybridized carbons (Fsp3) is 0.923. The second kappa shape index (κ2) is 4.18. The smallest absolute Gasteiger partial charge is 0.317 e. The maximum atomic E-state index is 12.4. The molecular weight excluding hydrogens is 236 g/mol. The van der Waals surface area contributed by atoms with Crippen LogP contribution in [0.5, 0.6) is 0 Å². The molecule has 3 rings (SSSR count). The molecule has 1 unspecified atom stereocenters. The summed E-state index contributed by atoms with van der Waals surface area (Å²) in [6, 6.07) is 0. The molecule has 1 spiro atoms. The first-order chi connectivity index (χ1) is 8.66. The Morgan fingerprint density at radius 2 is 2.00 bits per heavy atom. The summed E-state index contributed by atoms with van der Waals surface area (Å²) >= 11 is 0. The van der Waals surface area contributed by atoms with Crippen LogP contribution in [-0.2, 0) is 19.0 Å². The average molecular weight is 256 g/mol. The van der Waals surface area contributed by atoms with Gasteiger partial charge in [-0.05, 0) is 32.6 Å². The van der Waals surface area contributed by atoms with Gasteiger partial charge in [0.15, 0.2) is 5.79 Å². The molecule has 3 atom stereocenters. The third kappa shape index (κ3) is 1.35. The molecule has 18 heavy (non-hydrogen) atoms. The highest BCUT2D eigenvalue weighted by atomic mass is 16.7. The van der Waals surface area contributed by atoms with E-state index in [-0.39, 0.29) is 11.9 Å². The molecule has 1 aliphatic heterocycles. The maximum absolute atomic E-state index is 12.4. The van der Waals surface area contributed by atoms with Gasteiger partial charge in [-0.25, -0.2) is 0 Å². The quantitative estimate of drug-likeness (QED) is 0.742. The van der Waals surface area contributed by atoms with Crippen LogP contribution in [0.25, 0.3) is 0 Å². The summed E-state index contributed by atoms with van der Waals surface area (Å²) in [6.45, 7) is 3.15. The van der Waals surface area contributed by atoms with Gasteiger partial charge in [-0.3, -0.25) is 4.79 Å². The molecule has 0 amide bonds. The number of hydrogen-bond acceptors (Lipinski definition) is 5. The first-order valence-corrected chi connectivity index (χ1v) is 6.79. The summed E-state index contributed by atoms with van der Waals surface area (Å²) in [5.74, 6) is -1.25. The predicted octanol–water partition coefficient (Wildman–Crippen LogP) is 0.844. The van der Waals surface area contributed by atoms with Crippen LogP contribution in [0.1, 0.15) is 32.6 Å². The zero-order valence-corrected chi connectivity index (χ0v) is 10.7. The first-order valence-electron chi connectivity index (χ1n) is 6.79. The zero-order valence-electron chi connectivity index (χ0n) is 10.7. The molecule has 1 saturated heterocycles. The Balaban J connectivity index is 1.99. The van der Waals surface area contributed by atoms with Crippen LogP contribution in [0, 0.1) is 11.3 Å². The Morgan fingerprint density at radius 1 is 1.33 bits per heavy atom. The van der Waals surface area contributed by atoms with E-state index in [4.69, 9.17) is 14.2 Å². The molecule has 1 N–H and O–H groups in total. The van der Waals surface area contributed by atoms with Crippen molar-refractivity contribution in [1.29, 1.82) is 0 Å². The number of aliphatic hydroxyl groups is 1. The summed E-state index contributed by atoms with van der Waals surface area (Å²) in [4.78, 5) is 12.4. The van der Waals surface area contributed by atoms with Gasteiger partial charge >= 0.3 is 5.97 Å². The Hall–Kier alpha value is -0.650. The fourth-order valence-electron chi connectivity index (χ4n) is 4.00. The Labute approximate surface area is 106 Å². The minimum absolute atomic E-state index is 0.0989. The molecule has 0 aromatic heterocycles. The molecule has 3 fully saturated rings. The minimum atomic E-state index is -0.934. The van der Waals surface area contributed by atoms with E-state index in [0.717, 1.165) is 6.42 Å². The van der Waals surface area contributed by atoms with E-state index >= 15 is 0 Å². The van der Waals surface area contributed by atoms with Gasteiger partial charge in [0, 0.05) is 5.92 Å². The molecule has 0 aromatic carbocycles. The average Bonchev–Trinajstić information content (AvgIpc) is 2.90. The first kappa shape index (κ1) is 12.4. The van der Waals surface area contributed by atoms with Gasteiger partial charge < -0.3 is 19.3 Å². The van der Waals surface area contributed by atoms with Gasteiger partial charge in [0.25, 0.3) is 0 Å². The second-order valence-electron chi connectivity index (χ2n) is 5.42. The highest BCUT2D eigenvalue weighted by molar-refractivity contribution is 5.79. The van der Waals surface area contributed by atoms with E-state index in [1.54, 1.807) is 0 Å². The van der Waals surface area contributed by atoms with Crippen molar-refractivity contribution < 1.29 is 24.1 Å². The minimum Gasteiger partial charge on any atom is -0.465 e. The van der Waals surface area contributed by atoms with E-state index < -0.39 is 17.3 Å². The predicted molar refractivity (Wildman–Crippen MR) is 61.7 cm³/mol. The van der Waals surface area contributed by atoms with E-state index in [1.165, 1.54) is 0 Å². The maximum Gasteiger partial charge on any atom is 0.317 e. The molecule has 3 aliphatic rings. The molecule has 0 radical (unpaired) electrons. The fourth-order valence-corrected chi connectivity index (χ4v) is 4.00. The van der Waals surface area contributed by atoms with E-state index in [1.807, 2.05) is 6.92 Å². The van der Waals surface area contributed by atoms with E-state index in [2.05, 4.69) is 0 Å². The standard InChI is InChI=1S/C13H20O5/c1-2-16-11(15)12-5-3-9(10(14)4-6-12)13(12)17-7-8-18-13/h9-10,14H,2-8H2,1H3/t9-,10?,12+/m0/s1. The van der Waals surface area contributed by atoms with Crippen molar-refractivity contribution in [2.75, 3.05) is 19.8 Å². The van der Waals surface area contributed by atoms with Gasteiger partial charge in [0.1, 0.15) is 5.41 Å².